The minimum atomic E-state index is -0.244. The van der Waals surface area contributed by atoms with Crippen molar-refractivity contribution in [2.45, 2.75) is 30.8 Å². The van der Waals surface area contributed by atoms with Crippen LogP contribution in [0.2, 0.25) is 0 Å². The lowest BCUT2D eigenvalue weighted by molar-refractivity contribution is -0.116. The Labute approximate surface area is 132 Å². The molecule has 3 rings (SSSR count). The molecule has 0 fully saturated rings. The van der Waals surface area contributed by atoms with Crippen molar-refractivity contribution >= 4 is 23.5 Å². The van der Waals surface area contributed by atoms with Crippen LogP contribution in [0.25, 0.3) is 0 Å². The summed E-state index contributed by atoms with van der Waals surface area (Å²) >= 11 is 1.49. The van der Waals surface area contributed by atoms with Crippen molar-refractivity contribution in [3.8, 4) is 0 Å². The third kappa shape index (κ3) is 2.92. The molecule has 1 amide bonds. The van der Waals surface area contributed by atoms with Gasteiger partial charge in [-0.15, -0.1) is 0 Å². The summed E-state index contributed by atoms with van der Waals surface area (Å²) < 4.78 is 0. The lowest BCUT2D eigenvalue weighted by Gasteiger charge is -2.24. The number of thioether (sulfide) groups is 1. The molecule has 0 aliphatic carbocycles. The maximum Gasteiger partial charge on any atom is 0.257 e. The van der Waals surface area contributed by atoms with Gasteiger partial charge in [-0.25, -0.2) is 4.98 Å². The van der Waals surface area contributed by atoms with Crippen LogP contribution >= 0.6 is 11.8 Å². The average Bonchev–Trinajstić information content (AvgIpc) is 2.52. The van der Waals surface area contributed by atoms with Crippen LogP contribution in [0, 0.1) is 0 Å². The fraction of sp³-hybridized carbons (Fsp3) is 0.312. The molecule has 0 unspecified atom stereocenters. The number of carbonyl (C=O) groups excluding carboxylic acids is 1. The van der Waals surface area contributed by atoms with E-state index in [-0.39, 0.29) is 23.8 Å². The Balaban J connectivity index is 2.06. The topological polar surface area (TPSA) is 74.8 Å². The molecule has 1 atom stereocenters. The van der Waals surface area contributed by atoms with Gasteiger partial charge in [-0.2, -0.15) is 0 Å². The van der Waals surface area contributed by atoms with Gasteiger partial charge in [0.1, 0.15) is 5.82 Å². The zero-order valence-electron chi connectivity index (χ0n) is 12.3. The fourth-order valence-electron chi connectivity index (χ4n) is 2.59. The summed E-state index contributed by atoms with van der Waals surface area (Å²) in [4.78, 5) is 31.7. The average molecular weight is 315 g/mol. The number of nitrogens with zero attached hydrogens (tertiary/aromatic N) is 1. The number of H-pyrrole nitrogens is 1. The summed E-state index contributed by atoms with van der Waals surface area (Å²) in [5.74, 6) is 0.919. The first-order chi connectivity index (χ1) is 10.7. The van der Waals surface area contributed by atoms with E-state index in [1.54, 1.807) is 0 Å². The van der Waals surface area contributed by atoms with E-state index in [9.17, 15) is 9.59 Å². The van der Waals surface area contributed by atoms with Crippen LogP contribution in [0.5, 0.6) is 0 Å². The van der Waals surface area contributed by atoms with E-state index in [1.165, 1.54) is 11.8 Å². The van der Waals surface area contributed by atoms with Gasteiger partial charge >= 0.3 is 0 Å². The normalized spacial score (nSPS) is 17.0. The molecule has 114 valence electrons. The number of nitrogens with one attached hydrogen (secondary N) is 2. The largest absolute Gasteiger partial charge is 0.310 e. The fourth-order valence-corrected chi connectivity index (χ4v) is 3.31. The van der Waals surface area contributed by atoms with Crippen LogP contribution in [0.4, 0.5) is 5.82 Å². The maximum atomic E-state index is 12.5. The lowest BCUT2D eigenvalue weighted by atomic mass is 9.87. The number of benzene rings is 1. The molecule has 1 aliphatic heterocycles. The van der Waals surface area contributed by atoms with Gasteiger partial charge in [0.05, 0.1) is 5.56 Å². The first-order valence-electron chi connectivity index (χ1n) is 7.31. The predicted octanol–water partition coefficient (Wildman–Crippen LogP) is 2.75. The number of hydrogen-bond donors (Lipinski definition) is 2. The van der Waals surface area contributed by atoms with Gasteiger partial charge in [-0.05, 0) is 12.0 Å². The number of amides is 1. The highest BCUT2D eigenvalue weighted by Crippen LogP contribution is 2.34. The second-order valence-electron chi connectivity index (χ2n) is 5.20. The monoisotopic (exact) mass is 315 g/mol. The first kappa shape index (κ1) is 14.8. The van der Waals surface area contributed by atoms with E-state index in [0.717, 1.165) is 17.7 Å². The van der Waals surface area contributed by atoms with Crippen molar-refractivity contribution in [2.75, 3.05) is 11.1 Å². The molecule has 0 bridgehead atoms. The van der Waals surface area contributed by atoms with Crippen LogP contribution in [-0.2, 0) is 4.79 Å². The van der Waals surface area contributed by atoms with E-state index < -0.39 is 0 Å². The minimum Gasteiger partial charge on any atom is -0.310 e. The Morgan fingerprint density at radius 3 is 2.77 bits per heavy atom. The van der Waals surface area contributed by atoms with E-state index in [2.05, 4.69) is 22.2 Å². The summed E-state index contributed by atoms with van der Waals surface area (Å²) in [5.41, 5.74) is 1.34. The highest BCUT2D eigenvalue weighted by atomic mass is 32.2. The van der Waals surface area contributed by atoms with Crippen molar-refractivity contribution in [3.05, 3.63) is 51.8 Å². The second-order valence-corrected chi connectivity index (χ2v) is 6.28. The van der Waals surface area contributed by atoms with Crippen molar-refractivity contribution < 1.29 is 4.79 Å². The van der Waals surface area contributed by atoms with E-state index in [1.807, 2.05) is 30.3 Å². The molecule has 2 N–H and O–H groups in total. The lowest BCUT2D eigenvalue weighted by Crippen LogP contribution is -2.31. The van der Waals surface area contributed by atoms with Crippen molar-refractivity contribution in [1.82, 2.24) is 9.97 Å². The van der Waals surface area contributed by atoms with Gasteiger partial charge in [-0.1, -0.05) is 49.0 Å². The second kappa shape index (κ2) is 6.36. The van der Waals surface area contributed by atoms with Crippen LogP contribution in [0.15, 0.2) is 40.3 Å². The number of carbonyl (C=O) groups is 1. The molecule has 2 heterocycles. The smallest absolute Gasteiger partial charge is 0.257 e. The van der Waals surface area contributed by atoms with Crippen molar-refractivity contribution in [1.29, 1.82) is 0 Å². The van der Waals surface area contributed by atoms with E-state index in [0.29, 0.717) is 16.5 Å². The summed E-state index contributed by atoms with van der Waals surface area (Å²) in [6.07, 6.45) is 1.26. The summed E-state index contributed by atoms with van der Waals surface area (Å²) in [7, 11) is 0. The predicted molar refractivity (Wildman–Crippen MR) is 87.4 cm³/mol. The standard InChI is InChI=1S/C16H17N3O2S/c1-2-8-22-16-18-14-13(15(21)19-16)11(9-12(20)17-14)10-6-4-3-5-7-10/h3-7,11H,2,8-9H2,1H3,(H2,17,18,19,20,21)/t11-/m1/s1. The van der Waals surface area contributed by atoms with Gasteiger partial charge in [0.15, 0.2) is 5.16 Å². The number of anilines is 1. The highest BCUT2D eigenvalue weighted by molar-refractivity contribution is 7.99. The highest BCUT2D eigenvalue weighted by Gasteiger charge is 2.30. The zero-order chi connectivity index (χ0) is 15.5. The van der Waals surface area contributed by atoms with Gasteiger partial charge in [-0.3, -0.25) is 9.59 Å². The first-order valence-corrected chi connectivity index (χ1v) is 8.29. The van der Waals surface area contributed by atoms with Crippen molar-refractivity contribution in [3.63, 3.8) is 0 Å². The molecule has 22 heavy (non-hydrogen) atoms. The molecule has 0 spiro atoms. The van der Waals surface area contributed by atoms with Crippen LogP contribution < -0.4 is 10.9 Å². The Morgan fingerprint density at radius 1 is 1.27 bits per heavy atom. The van der Waals surface area contributed by atoms with Crippen molar-refractivity contribution in [2.24, 2.45) is 0 Å². The molecular formula is C16H17N3O2S. The Hall–Kier alpha value is -2.08. The molecule has 1 aromatic heterocycles. The third-order valence-corrected chi connectivity index (χ3v) is 4.65. The Bertz CT molecular complexity index is 743. The molecule has 0 saturated heterocycles. The Kier molecular flexibility index (Phi) is 4.29. The van der Waals surface area contributed by atoms with Gasteiger partial charge in [0.25, 0.3) is 5.56 Å². The molecule has 0 saturated carbocycles. The third-order valence-electron chi connectivity index (χ3n) is 3.57. The molecular weight excluding hydrogens is 298 g/mol. The van der Waals surface area contributed by atoms with Gasteiger partial charge < -0.3 is 10.3 Å². The molecule has 6 heteroatoms. The number of fused-ring (bicyclic) bond motifs is 1. The van der Waals surface area contributed by atoms with Gasteiger partial charge in [0.2, 0.25) is 5.91 Å². The quantitative estimate of drug-likeness (QED) is 0.672. The van der Waals surface area contributed by atoms with Crippen LogP contribution in [0.3, 0.4) is 0 Å². The summed E-state index contributed by atoms with van der Waals surface area (Å²) in [6.45, 7) is 2.07. The summed E-state index contributed by atoms with van der Waals surface area (Å²) in [5, 5.41) is 3.29. The molecule has 0 radical (unpaired) electrons. The van der Waals surface area contributed by atoms with E-state index in [4.69, 9.17) is 0 Å². The maximum absolute atomic E-state index is 12.5. The molecule has 2 aromatic rings. The minimum absolute atomic E-state index is 0.106. The number of hydrogen-bond acceptors (Lipinski definition) is 4. The molecule has 1 aliphatic rings. The Morgan fingerprint density at radius 2 is 2.05 bits per heavy atom. The van der Waals surface area contributed by atoms with Gasteiger partial charge in [0, 0.05) is 18.1 Å². The molecule has 5 nitrogen and oxygen atoms in total. The number of rotatable bonds is 4. The van der Waals surface area contributed by atoms with E-state index >= 15 is 0 Å². The number of aromatic nitrogens is 2. The SMILES string of the molecule is CCCSc1nc2c(c(=O)[nH]1)[C@@H](c1ccccc1)CC(=O)N2. The van der Waals surface area contributed by atoms with Crippen LogP contribution in [-0.4, -0.2) is 21.6 Å². The van der Waals surface area contributed by atoms with Crippen LogP contribution in [0.1, 0.15) is 36.8 Å². The summed E-state index contributed by atoms with van der Waals surface area (Å²) in [6, 6.07) is 9.61. The molecule has 1 aromatic carbocycles. The number of aromatic amines is 1. The zero-order valence-corrected chi connectivity index (χ0v) is 13.1.